The molecule has 0 spiro atoms. The molecule has 1 saturated heterocycles. The van der Waals surface area contributed by atoms with Crippen molar-refractivity contribution in [2.75, 3.05) is 44.2 Å². The number of amides is 3. The molecule has 7 nitrogen and oxygen atoms in total. The molecule has 7 heteroatoms. The number of benzene rings is 1. The fourth-order valence-electron chi connectivity index (χ4n) is 3.10. The number of hydrogen-bond acceptors (Lipinski definition) is 4. The molecule has 0 aromatic heterocycles. The third kappa shape index (κ3) is 5.70. The van der Waals surface area contributed by atoms with Crippen LogP contribution in [0.3, 0.4) is 0 Å². The highest BCUT2D eigenvalue weighted by atomic mass is 16.6. The number of nitrogens with zero attached hydrogens (tertiary/aromatic N) is 3. The summed E-state index contributed by atoms with van der Waals surface area (Å²) >= 11 is 0. The van der Waals surface area contributed by atoms with Crippen LogP contribution < -0.4 is 4.90 Å². The van der Waals surface area contributed by atoms with Gasteiger partial charge in [-0.25, -0.2) is 4.79 Å². The maximum Gasteiger partial charge on any atom is 0.409 e. The summed E-state index contributed by atoms with van der Waals surface area (Å²) in [4.78, 5) is 41.2. The highest BCUT2D eigenvalue weighted by molar-refractivity contribution is 5.92. The normalized spacial score (nSPS) is 14.0. The summed E-state index contributed by atoms with van der Waals surface area (Å²) in [6.07, 6.45) is 0.869. The third-order valence-electron chi connectivity index (χ3n) is 4.74. The fraction of sp³-hybridized carbons (Fsp3) is 0.550. The van der Waals surface area contributed by atoms with Crippen LogP contribution in [0.4, 0.5) is 10.5 Å². The third-order valence-corrected chi connectivity index (χ3v) is 4.74. The SMILES string of the molecule is CCOC(=O)N1CCN(C(=O)CCN(C(C)=O)c2ccc(CC)cc2)CC1. The zero-order chi connectivity index (χ0) is 19.8. The lowest BCUT2D eigenvalue weighted by Crippen LogP contribution is -2.51. The van der Waals surface area contributed by atoms with E-state index in [1.165, 1.54) is 12.5 Å². The van der Waals surface area contributed by atoms with Crippen LogP contribution in [0.1, 0.15) is 32.8 Å². The summed E-state index contributed by atoms with van der Waals surface area (Å²) in [5, 5.41) is 0. The number of carbonyl (C=O) groups excluding carboxylic acids is 3. The van der Waals surface area contributed by atoms with Crippen molar-refractivity contribution >= 4 is 23.6 Å². The van der Waals surface area contributed by atoms with Gasteiger partial charge in [-0.3, -0.25) is 9.59 Å². The van der Waals surface area contributed by atoms with E-state index in [1.54, 1.807) is 21.6 Å². The number of anilines is 1. The molecule has 0 unspecified atom stereocenters. The summed E-state index contributed by atoms with van der Waals surface area (Å²) < 4.78 is 4.99. The van der Waals surface area contributed by atoms with Gasteiger partial charge in [-0.1, -0.05) is 19.1 Å². The van der Waals surface area contributed by atoms with Crippen molar-refractivity contribution in [3.63, 3.8) is 0 Å². The number of ether oxygens (including phenoxy) is 1. The quantitative estimate of drug-likeness (QED) is 0.765. The first-order valence-corrected chi connectivity index (χ1v) is 9.52. The van der Waals surface area contributed by atoms with Crippen LogP contribution in [-0.4, -0.2) is 67.0 Å². The molecule has 1 aromatic rings. The van der Waals surface area contributed by atoms with Gasteiger partial charge in [0.1, 0.15) is 0 Å². The van der Waals surface area contributed by atoms with Gasteiger partial charge in [0.25, 0.3) is 0 Å². The van der Waals surface area contributed by atoms with Crippen molar-refractivity contribution in [3.05, 3.63) is 29.8 Å². The van der Waals surface area contributed by atoms with Crippen LogP contribution in [0, 0.1) is 0 Å². The zero-order valence-corrected chi connectivity index (χ0v) is 16.4. The highest BCUT2D eigenvalue weighted by Crippen LogP contribution is 2.17. The van der Waals surface area contributed by atoms with Crippen molar-refractivity contribution in [2.45, 2.75) is 33.6 Å². The minimum atomic E-state index is -0.331. The van der Waals surface area contributed by atoms with Crippen LogP contribution in [0.15, 0.2) is 24.3 Å². The molecule has 0 radical (unpaired) electrons. The Labute approximate surface area is 160 Å². The van der Waals surface area contributed by atoms with E-state index in [9.17, 15) is 14.4 Å². The van der Waals surface area contributed by atoms with E-state index < -0.39 is 0 Å². The number of hydrogen-bond donors (Lipinski definition) is 0. The zero-order valence-electron chi connectivity index (χ0n) is 16.4. The van der Waals surface area contributed by atoms with Crippen molar-refractivity contribution < 1.29 is 19.1 Å². The Hall–Kier alpha value is -2.57. The van der Waals surface area contributed by atoms with Crippen molar-refractivity contribution in [2.24, 2.45) is 0 Å². The fourth-order valence-corrected chi connectivity index (χ4v) is 3.10. The van der Waals surface area contributed by atoms with E-state index in [0.29, 0.717) is 39.3 Å². The Bertz CT molecular complexity index is 652. The van der Waals surface area contributed by atoms with E-state index in [0.717, 1.165) is 12.1 Å². The molecule has 1 aromatic carbocycles. The largest absolute Gasteiger partial charge is 0.450 e. The second kappa shape index (κ2) is 9.94. The predicted molar refractivity (Wildman–Crippen MR) is 104 cm³/mol. The monoisotopic (exact) mass is 375 g/mol. The van der Waals surface area contributed by atoms with Crippen LogP contribution in [0.2, 0.25) is 0 Å². The van der Waals surface area contributed by atoms with E-state index in [1.807, 2.05) is 24.3 Å². The number of aryl methyl sites for hydroxylation is 1. The molecule has 1 heterocycles. The molecule has 27 heavy (non-hydrogen) atoms. The molecule has 0 bridgehead atoms. The average Bonchev–Trinajstić information content (AvgIpc) is 2.68. The molecule has 148 valence electrons. The van der Waals surface area contributed by atoms with Crippen LogP contribution >= 0.6 is 0 Å². The summed E-state index contributed by atoms with van der Waals surface area (Å²) in [5.41, 5.74) is 2.01. The van der Waals surface area contributed by atoms with Crippen LogP contribution in [0.5, 0.6) is 0 Å². The number of rotatable bonds is 6. The van der Waals surface area contributed by atoms with Crippen molar-refractivity contribution in [3.8, 4) is 0 Å². The van der Waals surface area contributed by atoms with Gasteiger partial charge in [-0.2, -0.15) is 0 Å². The lowest BCUT2D eigenvalue weighted by Gasteiger charge is -2.34. The van der Waals surface area contributed by atoms with E-state index in [4.69, 9.17) is 4.74 Å². The molecular weight excluding hydrogens is 346 g/mol. The Morgan fingerprint density at radius 1 is 1.00 bits per heavy atom. The van der Waals surface area contributed by atoms with Crippen LogP contribution in [-0.2, 0) is 20.7 Å². The topological polar surface area (TPSA) is 70.2 Å². The standard InChI is InChI=1S/C20H29N3O4/c1-4-17-6-8-18(9-7-17)23(16(3)24)11-10-19(25)21-12-14-22(15-13-21)20(26)27-5-2/h6-9H,4-5,10-15H2,1-3H3. The molecule has 1 aliphatic rings. The van der Waals surface area contributed by atoms with Gasteiger partial charge in [0.2, 0.25) is 11.8 Å². The second-order valence-electron chi connectivity index (χ2n) is 6.51. The summed E-state index contributed by atoms with van der Waals surface area (Å²) in [7, 11) is 0. The minimum absolute atomic E-state index is 0.00469. The summed E-state index contributed by atoms with van der Waals surface area (Å²) in [6.45, 7) is 7.98. The first-order valence-electron chi connectivity index (χ1n) is 9.52. The Morgan fingerprint density at radius 3 is 2.11 bits per heavy atom. The smallest absolute Gasteiger partial charge is 0.409 e. The first-order chi connectivity index (χ1) is 13.0. The minimum Gasteiger partial charge on any atom is -0.450 e. The molecule has 0 saturated carbocycles. The second-order valence-corrected chi connectivity index (χ2v) is 6.51. The lowest BCUT2D eigenvalue weighted by atomic mass is 10.1. The van der Waals surface area contributed by atoms with Gasteiger partial charge in [0.15, 0.2) is 0 Å². The average molecular weight is 375 g/mol. The Kier molecular flexibility index (Phi) is 7.64. The van der Waals surface area contributed by atoms with Gasteiger partial charge >= 0.3 is 6.09 Å². The van der Waals surface area contributed by atoms with Gasteiger partial charge in [0, 0.05) is 51.8 Å². The molecular formula is C20H29N3O4. The number of piperazine rings is 1. The maximum absolute atomic E-state index is 12.5. The van der Waals surface area contributed by atoms with Crippen LogP contribution in [0.25, 0.3) is 0 Å². The Balaban J connectivity index is 1.87. The van der Waals surface area contributed by atoms with Gasteiger partial charge in [0.05, 0.1) is 6.61 Å². The molecule has 0 atom stereocenters. The molecule has 1 fully saturated rings. The molecule has 0 N–H and O–H groups in total. The van der Waals surface area contributed by atoms with E-state index >= 15 is 0 Å². The van der Waals surface area contributed by atoms with Crippen molar-refractivity contribution in [1.29, 1.82) is 0 Å². The molecule has 0 aliphatic carbocycles. The highest BCUT2D eigenvalue weighted by Gasteiger charge is 2.25. The number of carbonyl (C=O) groups is 3. The first kappa shape index (κ1) is 20.7. The molecule has 2 rings (SSSR count). The molecule has 3 amide bonds. The van der Waals surface area contributed by atoms with Crippen molar-refractivity contribution in [1.82, 2.24) is 9.80 Å². The van der Waals surface area contributed by atoms with Gasteiger partial charge < -0.3 is 19.4 Å². The van der Waals surface area contributed by atoms with Gasteiger partial charge in [-0.05, 0) is 31.0 Å². The summed E-state index contributed by atoms with van der Waals surface area (Å²) in [5.74, 6) is -0.0888. The lowest BCUT2D eigenvalue weighted by molar-refractivity contribution is -0.132. The summed E-state index contributed by atoms with van der Waals surface area (Å²) in [6, 6.07) is 7.84. The predicted octanol–water partition coefficient (Wildman–Crippen LogP) is 2.29. The molecule has 1 aliphatic heterocycles. The van der Waals surface area contributed by atoms with E-state index in [-0.39, 0.29) is 24.3 Å². The van der Waals surface area contributed by atoms with E-state index in [2.05, 4.69) is 6.92 Å². The Morgan fingerprint density at radius 2 is 1.59 bits per heavy atom. The maximum atomic E-state index is 12.5. The van der Waals surface area contributed by atoms with Gasteiger partial charge in [-0.15, -0.1) is 0 Å².